The molecule has 0 spiro atoms. The maximum Gasteiger partial charge on any atom is 0.431 e. The molecule has 126 valence electrons. The van der Waals surface area contributed by atoms with Crippen LogP contribution >= 0.6 is 15.9 Å². The lowest BCUT2D eigenvalue weighted by molar-refractivity contribution is -0.144. The summed E-state index contributed by atoms with van der Waals surface area (Å²) in [7, 11) is 0. The van der Waals surface area contributed by atoms with Crippen LogP contribution in [0.4, 0.5) is 13.2 Å². The fourth-order valence-corrected chi connectivity index (χ4v) is 2.70. The summed E-state index contributed by atoms with van der Waals surface area (Å²) < 4.78 is 39.5. The van der Waals surface area contributed by atoms with Crippen molar-refractivity contribution in [3.63, 3.8) is 0 Å². The van der Waals surface area contributed by atoms with Crippen molar-refractivity contribution in [2.45, 2.75) is 39.1 Å². The molecule has 1 aromatic rings. The molecule has 0 radical (unpaired) electrons. The monoisotopic (exact) mass is 392 g/mol. The van der Waals surface area contributed by atoms with E-state index in [-0.39, 0.29) is 5.56 Å². The molecule has 2 rings (SSSR count). The van der Waals surface area contributed by atoms with Crippen LogP contribution in [0.25, 0.3) is 0 Å². The van der Waals surface area contributed by atoms with Gasteiger partial charge in [0, 0.05) is 16.3 Å². The second kappa shape index (κ2) is 5.59. The van der Waals surface area contributed by atoms with Crippen molar-refractivity contribution in [3.8, 4) is 0 Å². The standard InChI is InChI=1S/C15H16BrF3N2O2/c1-13(2,3)14(23)8-11(15(17,18)19)20-21(14)12(22)9-6-4-5-7-10(9)16/h4-7,23H,8H2,1-3H3/t14-/m0/s1. The summed E-state index contributed by atoms with van der Waals surface area (Å²) in [5, 5.41) is 14.8. The minimum Gasteiger partial charge on any atom is -0.368 e. The summed E-state index contributed by atoms with van der Waals surface area (Å²) in [6.07, 6.45) is -5.47. The summed E-state index contributed by atoms with van der Waals surface area (Å²) in [6.45, 7) is 4.67. The summed E-state index contributed by atoms with van der Waals surface area (Å²) in [5.41, 5.74) is -4.14. The molecule has 0 unspecified atom stereocenters. The molecule has 0 bridgehead atoms. The third kappa shape index (κ3) is 3.14. The van der Waals surface area contributed by atoms with Gasteiger partial charge in [-0.05, 0) is 28.1 Å². The van der Waals surface area contributed by atoms with Gasteiger partial charge in [-0.3, -0.25) is 4.79 Å². The van der Waals surface area contributed by atoms with Gasteiger partial charge in [0.2, 0.25) is 0 Å². The maximum absolute atomic E-state index is 13.0. The Morgan fingerprint density at radius 2 is 1.87 bits per heavy atom. The van der Waals surface area contributed by atoms with Crippen LogP contribution < -0.4 is 0 Å². The molecule has 23 heavy (non-hydrogen) atoms. The lowest BCUT2D eigenvalue weighted by Crippen LogP contribution is -2.55. The van der Waals surface area contributed by atoms with Gasteiger partial charge < -0.3 is 5.11 Å². The lowest BCUT2D eigenvalue weighted by atomic mass is 9.80. The average Bonchev–Trinajstić information content (AvgIpc) is 2.77. The number of benzene rings is 1. The molecule has 0 fully saturated rings. The number of halogens is 4. The molecule has 0 saturated carbocycles. The molecular weight excluding hydrogens is 377 g/mol. The van der Waals surface area contributed by atoms with Crippen LogP contribution in [0.1, 0.15) is 37.6 Å². The number of hydrogen-bond acceptors (Lipinski definition) is 3. The van der Waals surface area contributed by atoms with Gasteiger partial charge >= 0.3 is 6.18 Å². The van der Waals surface area contributed by atoms with Gasteiger partial charge in [-0.2, -0.15) is 23.3 Å². The quantitative estimate of drug-likeness (QED) is 0.786. The van der Waals surface area contributed by atoms with E-state index in [1.165, 1.54) is 6.07 Å². The lowest BCUT2D eigenvalue weighted by Gasteiger charge is -2.41. The Kier molecular flexibility index (Phi) is 4.36. The highest BCUT2D eigenvalue weighted by Crippen LogP contribution is 2.44. The van der Waals surface area contributed by atoms with Crippen LogP contribution in [0.2, 0.25) is 0 Å². The van der Waals surface area contributed by atoms with Crippen molar-refractivity contribution in [2.75, 3.05) is 0 Å². The highest BCUT2D eigenvalue weighted by molar-refractivity contribution is 9.10. The van der Waals surface area contributed by atoms with E-state index < -0.39 is 35.4 Å². The van der Waals surface area contributed by atoms with Gasteiger partial charge in [0.15, 0.2) is 5.72 Å². The van der Waals surface area contributed by atoms with Gasteiger partial charge in [0.25, 0.3) is 5.91 Å². The number of carbonyl (C=O) groups is 1. The molecule has 4 nitrogen and oxygen atoms in total. The molecule has 1 aliphatic heterocycles. The van der Waals surface area contributed by atoms with Crippen LogP contribution in [0, 0.1) is 5.41 Å². The third-order valence-electron chi connectivity index (χ3n) is 3.81. The topological polar surface area (TPSA) is 52.9 Å². The SMILES string of the molecule is CC(C)(C)[C@@]1(O)CC(C(F)(F)F)=NN1C(=O)c1ccccc1Br. The number of carbonyl (C=O) groups excluding carboxylic acids is 1. The summed E-state index contributed by atoms with van der Waals surface area (Å²) >= 11 is 3.19. The van der Waals surface area contributed by atoms with E-state index in [1.807, 2.05) is 0 Å². The normalized spacial score (nSPS) is 22.3. The first-order valence-electron chi connectivity index (χ1n) is 6.84. The Morgan fingerprint density at radius 1 is 1.30 bits per heavy atom. The molecule has 0 saturated heterocycles. The number of amides is 1. The zero-order valence-corrected chi connectivity index (χ0v) is 14.4. The minimum atomic E-state index is -4.71. The van der Waals surface area contributed by atoms with Crippen LogP contribution in [0.15, 0.2) is 33.8 Å². The molecule has 1 atom stereocenters. The molecule has 1 N–H and O–H groups in total. The average molecular weight is 393 g/mol. The first-order valence-corrected chi connectivity index (χ1v) is 7.63. The highest BCUT2D eigenvalue weighted by atomic mass is 79.9. The van der Waals surface area contributed by atoms with Crippen molar-refractivity contribution in [2.24, 2.45) is 10.5 Å². The number of aliphatic hydroxyl groups is 1. The number of hydrogen-bond donors (Lipinski definition) is 1. The van der Waals surface area contributed by atoms with Gasteiger partial charge in [0.05, 0.1) is 5.56 Å². The molecule has 1 aliphatic rings. The Labute approximate surface area is 140 Å². The predicted molar refractivity (Wildman–Crippen MR) is 82.8 cm³/mol. The number of nitrogens with zero attached hydrogens (tertiary/aromatic N) is 2. The van der Waals surface area contributed by atoms with E-state index in [0.29, 0.717) is 9.48 Å². The van der Waals surface area contributed by atoms with E-state index in [2.05, 4.69) is 21.0 Å². The van der Waals surface area contributed by atoms with Crippen molar-refractivity contribution < 1.29 is 23.1 Å². The van der Waals surface area contributed by atoms with E-state index >= 15 is 0 Å². The van der Waals surface area contributed by atoms with Crippen molar-refractivity contribution in [1.29, 1.82) is 0 Å². The van der Waals surface area contributed by atoms with Crippen molar-refractivity contribution in [1.82, 2.24) is 5.01 Å². The molecule has 1 amide bonds. The van der Waals surface area contributed by atoms with E-state index in [0.717, 1.165) is 0 Å². The van der Waals surface area contributed by atoms with E-state index in [4.69, 9.17) is 0 Å². The molecule has 1 heterocycles. The van der Waals surface area contributed by atoms with Crippen LogP contribution in [0.3, 0.4) is 0 Å². The van der Waals surface area contributed by atoms with Crippen LogP contribution in [-0.2, 0) is 0 Å². The fourth-order valence-electron chi connectivity index (χ4n) is 2.25. The predicted octanol–water partition coefficient (Wildman–Crippen LogP) is 3.95. The first kappa shape index (κ1) is 17.9. The Bertz CT molecular complexity index is 667. The largest absolute Gasteiger partial charge is 0.431 e. The third-order valence-corrected chi connectivity index (χ3v) is 4.50. The van der Waals surface area contributed by atoms with Crippen LogP contribution in [0.5, 0.6) is 0 Å². The number of rotatable bonds is 1. The molecular formula is C15H16BrF3N2O2. The maximum atomic E-state index is 13.0. The molecule has 0 aromatic heterocycles. The molecule has 0 aliphatic carbocycles. The second-order valence-corrected chi connectivity index (χ2v) is 7.24. The fraction of sp³-hybridized carbons (Fsp3) is 0.467. The highest BCUT2D eigenvalue weighted by Gasteiger charge is 2.57. The summed E-state index contributed by atoms with van der Waals surface area (Å²) in [5.74, 6) is -0.797. The van der Waals surface area contributed by atoms with Gasteiger partial charge in [-0.15, -0.1) is 0 Å². The van der Waals surface area contributed by atoms with E-state index in [9.17, 15) is 23.1 Å². The zero-order chi connectivity index (χ0) is 17.6. The Hall–Kier alpha value is -1.41. The smallest absolute Gasteiger partial charge is 0.368 e. The van der Waals surface area contributed by atoms with Gasteiger partial charge in [-0.25, -0.2) is 0 Å². The molecule has 8 heteroatoms. The van der Waals surface area contributed by atoms with Crippen molar-refractivity contribution >= 4 is 27.5 Å². The van der Waals surface area contributed by atoms with Gasteiger partial charge in [0.1, 0.15) is 5.71 Å². The van der Waals surface area contributed by atoms with Crippen LogP contribution in [-0.4, -0.2) is 33.6 Å². The Balaban J connectivity index is 2.53. The number of alkyl halides is 3. The van der Waals surface area contributed by atoms with E-state index in [1.54, 1.807) is 39.0 Å². The summed E-state index contributed by atoms with van der Waals surface area (Å²) in [6, 6.07) is 6.30. The zero-order valence-electron chi connectivity index (χ0n) is 12.8. The minimum absolute atomic E-state index is 0.127. The molecule has 1 aromatic carbocycles. The first-order chi connectivity index (χ1) is 10.4. The van der Waals surface area contributed by atoms with Crippen molar-refractivity contribution in [3.05, 3.63) is 34.3 Å². The van der Waals surface area contributed by atoms with Gasteiger partial charge in [-0.1, -0.05) is 32.9 Å². The number of hydrazone groups is 1. The Morgan fingerprint density at radius 3 is 2.35 bits per heavy atom. The summed E-state index contributed by atoms with van der Waals surface area (Å²) in [4.78, 5) is 12.7. The second-order valence-electron chi connectivity index (χ2n) is 6.38.